The minimum atomic E-state index is 1.24. The van der Waals surface area contributed by atoms with Crippen LogP contribution in [-0.4, -0.2) is 4.98 Å². The molecule has 2 aromatic carbocycles. The molecule has 0 saturated heterocycles. The third-order valence-electron chi connectivity index (χ3n) is 4.26. The van der Waals surface area contributed by atoms with E-state index in [-0.39, 0.29) is 0 Å². The predicted octanol–water partition coefficient (Wildman–Crippen LogP) is 6.97. The molecule has 0 atom stereocenters. The van der Waals surface area contributed by atoms with Gasteiger partial charge < -0.3 is 4.98 Å². The predicted molar refractivity (Wildman–Crippen MR) is 102 cm³/mol. The highest BCUT2D eigenvalue weighted by molar-refractivity contribution is 7.43. The standard InChI is InChI=1S/C18H9NS3/c1-3-7-11-9(5-1)14-13(19-11)16-18(21-14)17-15(22-16)10-6-2-4-8-12(10)20-17/h1-8,19H. The van der Waals surface area contributed by atoms with Gasteiger partial charge in [0.05, 0.1) is 29.0 Å². The Bertz CT molecular complexity index is 1220. The van der Waals surface area contributed by atoms with Crippen LogP contribution >= 0.6 is 34.0 Å². The first kappa shape index (κ1) is 11.7. The third-order valence-corrected chi connectivity index (χ3v) is 8.31. The first-order valence-corrected chi connectivity index (χ1v) is 9.58. The molecule has 4 aromatic heterocycles. The second-order valence-electron chi connectivity index (χ2n) is 5.49. The van der Waals surface area contributed by atoms with Crippen molar-refractivity contribution in [1.82, 2.24) is 4.98 Å². The van der Waals surface area contributed by atoms with Crippen LogP contribution in [0.15, 0.2) is 48.5 Å². The Morgan fingerprint density at radius 2 is 1.32 bits per heavy atom. The number of benzene rings is 2. The maximum Gasteiger partial charge on any atom is 0.0756 e. The summed E-state index contributed by atoms with van der Waals surface area (Å²) in [7, 11) is 0. The van der Waals surface area contributed by atoms with Gasteiger partial charge in [0, 0.05) is 21.0 Å². The number of hydrogen-bond acceptors (Lipinski definition) is 3. The Labute approximate surface area is 137 Å². The molecule has 0 fully saturated rings. The van der Waals surface area contributed by atoms with E-state index in [1.807, 2.05) is 34.0 Å². The van der Waals surface area contributed by atoms with Gasteiger partial charge in [-0.1, -0.05) is 36.4 Å². The lowest BCUT2D eigenvalue weighted by Crippen LogP contribution is -1.64. The second-order valence-corrected chi connectivity index (χ2v) is 8.59. The van der Waals surface area contributed by atoms with Crippen LogP contribution in [0.2, 0.25) is 0 Å². The van der Waals surface area contributed by atoms with Crippen LogP contribution < -0.4 is 0 Å². The molecule has 0 aliphatic carbocycles. The van der Waals surface area contributed by atoms with Crippen LogP contribution in [0, 0.1) is 0 Å². The van der Waals surface area contributed by atoms with Crippen molar-refractivity contribution < 1.29 is 0 Å². The zero-order valence-electron chi connectivity index (χ0n) is 11.3. The molecule has 6 rings (SSSR count). The lowest BCUT2D eigenvalue weighted by Gasteiger charge is -1.86. The van der Waals surface area contributed by atoms with Gasteiger partial charge in [-0.15, -0.1) is 34.0 Å². The molecule has 1 nitrogen and oxygen atoms in total. The molecule has 0 radical (unpaired) electrons. The van der Waals surface area contributed by atoms with Gasteiger partial charge in [0.1, 0.15) is 0 Å². The number of nitrogens with one attached hydrogen (secondary N) is 1. The number of H-pyrrole nitrogens is 1. The summed E-state index contributed by atoms with van der Waals surface area (Å²) in [4.78, 5) is 3.63. The van der Waals surface area contributed by atoms with Crippen molar-refractivity contribution in [1.29, 1.82) is 0 Å². The molecule has 0 spiro atoms. The third kappa shape index (κ3) is 1.29. The van der Waals surface area contributed by atoms with E-state index in [1.54, 1.807) is 0 Å². The number of rotatable bonds is 0. The van der Waals surface area contributed by atoms with E-state index < -0.39 is 0 Å². The SMILES string of the molecule is c1ccc2c(c1)[nH]c1c2sc2c1sc1c3ccccc3sc12. The molecule has 1 N–H and O–H groups in total. The van der Waals surface area contributed by atoms with Crippen LogP contribution in [0.3, 0.4) is 0 Å². The Balaban J connectivity index is 1.88. The van der Waals surface area contributed by atoms with Crippen molar-refractivity contribution in [2.45, 2.75) is 0 Å². The van der Waals surface area contributed by atoms with Gasteiger partial charge in [-0.3, -0.25) is 0 Å². The number of thiophene rings is 3. The van der Waals surface area contributed by atoms with Gasteiger partial charge in [-0.05, 0) is 12.1 Å². The van der Waals surface area contributed by atoms with E-state index in [4.69, 9.17) is 0 Å². The van der Waals surface area contributed by atoms with Gasteiger partial charge >= 0.3 is 0 Å². The number of hydrogen-bond donors (Lipinski definition) is 1. The van der Waals surface area contributed by atoms with Crippen LogP contribution in [0.5, 0.6) is 0 Å². The summed E-state index contributed by atoms with van der Waals surface area (Å²) in [6.45, 7) is 0. The van der Waals surface area contributed by atoms with Gasteiger partial charge in [0.15, 0.2) is 0 Å². The molecule has 22 heavy (non-hydrogen) atoms. The summed E-state index contributed by atoms with van der Waals surface area (Å²) in [6, 6.07) is 17.4. The fourth-order valence-corrected chi connectivity index (χ4v) is 7.59. The van der Waals surface area contributed by atoms with Crippen molar-refractivity contribution in [3.63, 3.8) is 0 Å². The maximum absolute atomic E-state index is 3.63. The van der Waals surface area contributed by atoms with Gasteiger partial charge in [0.2, 0.25) is 0 Å². The van der Waals surface area contributed by atoms with Gasteiger partial charge in [-0.25, -0.2) is 0 Å². The van der Waals surface area contributed by atoms with Crippen LogP contribution in [-0.2, 0) is 0 Å². The molecular weight excluding hydrogens is 326 g/mol. The van der Waals surface area contributed by atoms with Crippen molar-refractivity contribution in [2.24, 2.45) is 0 Å². The molecule has 0 aliphatic heterocycles. The minimum Gasteiger partial charge on any atom is -0.353 e. The van der Waals surface area contributed by atoms with Crippen molar-refractivity contribution in [2.75, 3.05) is 0 Å². The Hall–Kier alpha value is -1.88. The molecule has 6 aromatic rings. The minimum absolute atomic E-state index is 1.24. The van der Waals surface area contributed by atoms with E-state index in [1.165, 1.54) is 50.0 Å². The fraction of sp³-hybridized carbons (Fsp3) is 0. The number of aromatic nitrogens is 1. The number of para-hydroxylation sites is 1. The summed E-state index contributed by atoms with van der Waals surface area (Å²) in [5.74, 6) is 0. The first-order chi connectivity index (χ1) is 10.9. The molecule has 4 heterocycles. The Kier molecular flexibility index (Phi) is 2.07. The second kappa shape index (κ2) is 3.90. The molecule has 0 bridgehead atoms. The van der Waals surface area contributed by atoms with E-state index in [2.05, 4.69) is 53.5 Å². The summed E-state index contributed by atoms with van der Waals surface area (Å²) in [5, 5.41) is 2.75. The molecule has 0 aliphatic rings. The zero-order chi connectivity index (χ0) is 14.3. The summed E-state index contributed by atoms with van der Waals surface area (Å²) in [6.07, 6.45) is 0. The highest BCUT2D eigenvalue weighted by Gasteiger charge is 2.18. The molecule has 104 valence electrons. The summed E-state index contributed by atoms with van der Waals surface area (Å²) in [5.41, 5.74) is 2.56. The van der Waals surface area contributed by atoms with Crippen molar-refractivity contribution in [3.05, 3.63) is 48.5 Å². The largest absolute Gasteiger partial charge is 0.353 e. The Morgan fingerprint density at radius 1 is 0.591 bits per heavy atom. The molecule has 0 saturated carbocycles. The average Bonchev–Trinajstić information content (AvgIpc) is 3.24. The average molecular weight is 335 g/mol. The maximum atomic E-state index is 3.63. The van der Waals surface area contributed by atoms with E-state index in [9.17, 15) is 0 Å². The van der Waals surface area contributed by atoms with E-state index >= 15 is 0 Å². The van der Waals surface area contributed by atoms with Crippen LogP contribution in [0.25, 0.3) is 50.0 Å². The van der Waals surface area contributed by atoms with Crippen molar-refractivity contribution >= 4 is 84.0 Å². The lowest BCUT2D eigenvalue weighted by molar-refractivity contribution is 1.57. The monoisotopic (exact) mass is 335 g/mol. The van der Waals surface area contributed by atoms with Gasteiger partial charge in [0.25, 0.3) is 0 Å². The lowest BCUT2D eigenvalue weighted by atomic mass is 10.2. The quantitative estimate of drug-likeness (QED) is 0.309. The van der Waals surface area contributed by atoms with Crippen LogP contribution in [0.4, 0.5) is 0 Å². The highest BCUT2D eigenvalue weighted by Crippen LogP contribution is 2.50. The fourth-order valence-electron chi connectivity index (χ4n) is 3.27. The smallest absolute Gasteiger partial charge is 0.0756 e. The highest BCUT2D eigenvalue weighted by atomic mass is 32.1. The molecule has 0 amide bonds. The number of fused-ring (bicyclic) bond motifs is 9. The summed E-state index contributed by atoms with van der Waals surface area (Å²) < 4.78 is 8.57. The number of aromatic amines is 1. The normalized spacial score (nSPS) is 12.5. The molecular formula is C18H9NS3. The molecule has 4 heteroatoms. The first-order valence-electron chi connectivity index (χ1n) is 7.13. The van der Waals surface area contributed by atoms with Crippen LogP contribution in [0.1, 0.15) is 0 Å². The topological polar surface area (TPSA) is 15.8 Å². The Morgan fingerprint density at radius 3 is 2.27 bits per heavy atom. The van der Waals surface area contributed by atoms with E-state index in [0.29, 0.717) is 0 Å². The van der Waals surface area contributed by atoms with Gasteiger partial charge in [-0.2, -0.15) is 0 Å². The zero-order valence-corrected chi connectivity index (χ0v) is 13.8. The van der Waals surface area contributed by atoms with Crippen molar-refractivity contribution in [3.8, 4) is 0 Å². The molecule has 0 unspecified atom stereocenters. The summed E-state index contributed by atoms with van der Waals surface area (Å²) >= 11 is 5.81. The van der Waals surface area contributed by atoms with E-state index in [0.717, 1.165) is 0 Å².